The number of rotatable bonds is 1. The molecule has 3 N–H and O–H groups in total. The number of benzene rings is 1. The molecule has 0 aliphatic carbocycles. The molecule has 0 bridgehead atoms. The number of phenols is 1. The second-order valence-electron chi connectivity index (χ2n) is 1.88. The largest absolute Gasteiger partial charge is 0.507 e. The average Bonchev–Trinajstić information content (AvgIpc) is 2.24. The molecule has 1 rings (SSSR count). The smallest absolute Gasteiger partial charge is 0.252 e. The molecule has 0 unspecified atom stereocenters. The Balaban J connectivity index is 0. The van der Waals surface area contributed by atoms with Crippen LogP contribution in [0.15, 0.2) is 24.3 Å². The Morgan fingerprint density at radius 3 is 1.86 bits per heavy atom. The highest BCUT2D eigenvalue weighted by Gasteiger charge is 2.03. The molecule has 1 aromatic carbocycles. The third kappa shape index (κ3) is 5.19. The number of hydrogen-bond donors (Lipinski definition) is 2. The molecule has 1 aromatic rings. The maximum atomic E-state index is 10.5. The predicted molar refractivity (Wildman–Crippen MR) is 59.3 cm³/mol. The molecule has 0 aliphatic rings. The molecule has 0 saturated heterocycles. The van der Waals surface area contributed by atoms with E-state index < -0.39 is 5.91 Å². The zero-order valence-electron chi connectivity index (χ0n) is 9.24. The van der Waals surface area contributed by atoms with Gasteiger partial charge in [0.15, 0.2) is 0 Å². The lowest BCUT2D eigenvalue weighted by Crippen LogP contribution is -2.10. The van der Waals surface area contributed by atoms with E-state index in [-0.39, 0.29) is 11.3 Å². The van der Waals surface area contributed by atoms with Crippen LogP contribution in [0.25, 0.3) is 0 Å². The van der Waals surface area contributed by atoms with Crippen LogP contribution in [0.5, 0.6) is 5.75 Å². The summed E-state index contributed by atoms with van der Waals surface area (Å²) in [5, 5.41) is 8.98. The molecular formula is C11H19NO2. The van der Waals surface area contributed by atoms with Crippen molar-refractivity contribution in [3.63, 3.8) is 0 Å². The van der Waals surface area contributed by atoms with E-state index in [2.05, 4.69) is 0 Å². The summed E-state index contributed by atoms with van der Waals surface area (Å²) in [5.74, 6) is -0.687. The number of hydrogen-bond acceptors (Lipinski definition) is 2. The van der Waals surface area contributed by atoms with Gasteiger partial charge >= 0.3 is 0 Å². The summed E-state index contributed by atoms with van der Waals surface area (Å²) in [6.45, 7) is 8.00. The SMILES string of the molecule is CC.CC.NC(=O)c1ccccc1O. The zero-order chi connectivity index (χ0) is 11.6. The number of para-hydroxylation sites is 1. The van der Waals surface area contributed by atoms with Crippen LogP contribution in [0.3, 0.4) is 0 Å². The predicted octanol–water partition coefficient (Wildman–Crippen LogP) is 2.54. The van der Waals surface area contributed by atoms with Crippen LogP contribution >= 0.6 is 0 Å². The first-order chi connectivity index (χ1) is 6.72. The van der Waals surface area contributed by atoms with Gasteiger partial charge in [0.05, 0.1) is 5.56 Å². The minimum absolute atomic E-state index is 0.0741. The maximum absolute atomic E-state index is 10.5. The van der Waals surface area contributed by atoms with E-state index in [1.807, 2.05) is 27.7 Å². The Morgan fingerprint density at radius 2 is 1.57 bits per heavy atom. The van der Waals surface area contributed by atoms with Crippen molar-refractivity contribution >= 4 is 5.91 Å². The van der Waals surface area contributed by atoms with E-state index in [9.17, 15) is 4.79 Å². The van der Waals surface area contributed by atoms with Crippen LogP contribution in [0, 0.1) is 0 Å². The molecule has 0 heterocycles. The van der Waals surface area contributed by atoms with Crippen molar-refractivity contribution in [2.45, 2.75) is 27.7 Å². The Bertz CT molecular complexity index is 259. The molecule has 0 aliphatic heterocycles. The van der Waals surface area contributed by atoms with Crippen LogP contribution in [0.2, 0.25) is 0 Å². The molecule has 1 amide bonds. The normalized spacial score (nSPS) is 7.43. The quantitative estimate of drug-likeness (QED) is 0.726. The summed E-state index contributed by atoms with van der Waals surface area (Å²) in [6.07, 6.45) is 0. The molecule has 80 valence electrons. The molecule has 3 nitrogen and oxygen atoms in total. The molecule has 0 saturated carbocycles. The minimum atomic E-state index is -0.613. The molecule has 3 heteroatoms. The standard InChI is InChI=1S/C7H7NO2.2C2H6/c8-7(10)5-3-1-2-4-6(5)9;2*1-2/h1-4,9H,(H2,8,10);2*1-2H3. The Labute approximate surface area is 85.6 Å². The van der Waals surface area contributed by atoms with Gasteiger partial charge in [-0.15, -0.1) is 0 Å². The lowest BCUT2D eigenvalue weighted by molar-refractivity contribution is 0.0998. The molecule has 0 aromatic heterocycles. The molecule has 0 spiro atoms. The fourth-order valence-corrected chi connectivity index (χ4v) is 0.682. The Morgan fingerprint density at radius 1 is 1.14 bits per heavy atom. The van der Waals surface area contributed by atoms with Crippen molar-refractivity contribution in [2.24, 2.45) is 5.73 Å². The number of carbonyl (C=O) groups excluding carboxylic acids is 1. The second kappa shape index (κ2) is 9.58. The minimum Gasteiger partial charge on any atom is -0.507 e. The third-order valence-corrected chi connectivity index (χ3v) is 1.17. The number of amides is 1. The summed E-state index contributed by atoms with van der Waals surface area (Å²) in [7, 11) is 0. The van der Waals surface area contributed by atoms with Gasteiger partial charge < -0.3 is 10.8 Å². The summed E-state index contributed by atoms with van der Waals surface area (Å²) in [6, 6.07) is 6.15. The van der Waals surface area contributed by atoms with Crippen LogP contribution in [0.1, 0.15) is 38.1 Å². The molecule has 14 heavy (non-hydrogen) atoms. The van der Waals surface area contributed by atoms with Gasteiger partial charge in [0, 0.05) is 0 Å². The molecule has 0 fully saturated rings. The van der Waals surface area contributed by atoms with Crippen molar-refractivity contribution in [3.05, 3.63) is 29.8 Å². The van der Waals surface area contributed by atoms with E-state index in [1.54, 1.807) is 12.1 Å². The fourth-order valence-electron chi connectivity index (χ4n) is 0.682. The number of aromatic hydroxyl groups is 1. The second-order valence-corrected chi connectivity index (χ2v) is 1.88. The third-order valence-electron chi connectivity index (χ3n) is 1.17. The van der Waals surface area contributed by atoms with E-state index in [0.29, 0.717) is 0 Å². The van der Waals surface area contributed by atoms with E-state index in [4.69, 9.17) is 10.8 Å². The van der Waals surface area contributed by atoms with Crippen molar-refractivity contribution in [1.82, 2.24) is 0 Å². The van der Waals surface area contributed by atoms with Crippen LogP contribution in [-0.2, 0) is 0 Å². The van der Waals surface area contributed by atoms with Gasteiger partial charge in [-0.05, 0) is 12.1 Å². The molecule has 0 radical (unpaired) electrons. The lowest BCUT2D eigenvalue weighted by Gasteiger charge is -1.96. The zero-order valence-corrected chi connectivity index (χ0v) is 9.24. The van der Waals surface area contributed by atoms with Crippen molar-refractivity contribution < 1.29 is 9.90 Å². The van der Waals surface area contributed by atoms with Crippen molar-refractivity contribution in [1.29, 1.82) is 0 Å². The molecular weight excluding hydrogens is 178 g/mol. The van der Waals surface area contributed by atoms with Crippen molar-refractivity contribution in [2.75, 3.05) is 0 Å². The van der Waals surface area contributed by atoms with Crippen LogP contribution in [-0.4, -0.2) is 11.0 Å². The van der Waals surface area contributed by atoms with E-state index >= 15 is 0 Å². The van der Waals surface area contributed by atoms with Gasteiger partial charge in [-0.25, -0.2) is 0 Å². The highest BCUT2D eigenvalue weighted by Crippen LogP contribution is 2.13. The summed E-state index contributed by atoms with van der Waals surface area (Å²) >= 11 is 0. The first-order valence-electron chi connectivity index (χ1n) is 4.79. The van der Waals surface area contributed by atoms with Gasteiger partial charge in [-0.1, -0.05) is 39.8 Å². The van der Waals surface area contributed by atoms with Gasteiger partial charge in [0.1, 0.15) is 5.75 Å². The Hall–Kier alpha value is -1.51. The van der Waals surface area contributed by atoms with Gasteiger partial charge in [0.2, 0.25) is 0 Å². The van der Waals surface area contributed by atoms with Crippen LogP contribution in [0.4, 0.5) is 0 Å². The highest BCUT2D eigenvalue weighted by atomic mass is 16.3. The number of nitrogens with two attached hydrogens (primary N) is 1. The first kappa shape index (κ1) is 15.0. The van der Waals surface area contributed by atoms with Gasteiger partial charge in [-0.2, -0.15) is 0 Å². The molecule has 0 atom stereocenters. The summed E-state index contributed by atoms with van der Waals surface area (Å²) in [5.41, 5.74) is 5.07. The van der Waals surface area contributed by atoms with Crippen molar-refractivity contribution in [3.8, 4) is 5.75 Å². The number of primary amides is 1. The summed E-state index contributed by atoms with van der Waals surface area (Å²) < 4.78 is 0. The monoisotopic (exact) mass is 197 g/mol. The van der Waals surface area contributed by atoms with E-state index in [1.165, 1.54) is 12.1 Å². The lowest BCUT2D eigenvalue weighted by atomic mass is 10.2. The van der Waals surface area contributed by atoms with Crippen LogP contribution < -0.4 is 5.73 Å². The fraction of sp³-hybridized carbons (Fsp3) is 0.364. The highest BCUT2D eigenvalue weighted by molar-refractivity contribution is 5.95. The van der Waals surface area contributed by atoms with Gasteiger partial charge in [-0.3, -0.25) is 4.79 Å². The van der Waals surface area contributed by atoms with E-state index in [0.717, 1.165) is 0 Å². The summed E-state index contributed by atoms with van der Waals surface area (Å²) in [4.78, 5) is 10.5. The van der Waals surface area contributed by atoms with Gasteiger partial charge in [0.25, 0.3) is 5.91 Å². The Kier molecular flexibility index (Phi) is 10.3. The maximum Gasteiger partial charge on any atom is 0.252 e. The average molecular weight is 197 g/mol. The number of carbonyl (C=O) groups is 1. The topological polar surface area (TPSA) is 63.3 Å². The first-order valence-corrected chi connectivity index (χ1v) is 4.79.